The maximum atomic E-state index is 12.7. The lowest BCUT2D eigenvalue weighted by Gasteiger charge is -2.16. The smallest absolute Gasteiger partial charge is 0.274 e. The average Bonchev–Trinajstić information content (AvgIpc) is 2.70. The van der Waals surface area contributed by atoms with Gasteiger partial charge in [0.25, 0.3) is 5.91 Å². The SMILES string of the molecule is CC(=O)c1cccc(Nc2ccc(C(=O)Nc3c(C)cccc3C(C)C)nc2)c1. The van der Waals surface area contributed by atoms with Crippen LogP contribution in [0.3, 0.4) is 0 Å². The minimum atomic E-state index is -0.244. The Morgan fingerprint density at radius 3 is 2.38 bits per heavy atom. The molecule has 0 saturated carbocycles. The lowest BCUT2D eigenvalue weighted by atomic mass is 9.98. The molecule has 0 aliphatic carbocycles. The van der Waals surface area contributed by atoms with E-state index in [0.29, 0.717) is 17.2 Å². The molecule has 1 heterocycles. The monoisotopic (exact) mass is 387 g/mol. The first-order valence-electron chi connectivity index (χ1n) is 9.60. The predicted molar refractivity (Wildman–Crippen MR) is 117 cm³/mol. The molecule has 0 bridgehead atoms. The number of benzene rings is 2. The first-order chi connectivity index (χ1) is 13.8. The van der Waals surface area contributed by atoms with Gasteiger partial charge in [-0.15, -0.1) is 0 Å². The van der Waals surface area contributed by atoms with Crippen LogP contribution in [0.15, 0.2) is 60.8 Å². The van der Waals surface area contributed by atoms with E-state index in [4.69, 9.17) is 0 Å². The number of ketones is 1. The summed E-state index contributed by atoms with van der Waals surface area (Å²) in [6, 6.07) is 16.7. The third-order valence-electron chi connectivity index (χ3n) is 4.72. The van der Waals surface area contributed by atoms with Crippen LogP contribution in [0, 0.1) is 6.92 Å². The molecule has 3 aromatic rings. The highest BCUT2D eigenvalue weighted by molar-refractivity contribution is 6.04. The zero-order valence-corrected chi connectivity index (χ0v) is 17.1. The molecule has 0 fully saturated rings. The van der Waals surface area contributed by atoms with E-state index in [1.54, 1.807) is 30.5 Å². The Bertz CT molecular complexity index is 1040. The number of nitrogens with zero attached hydrogens (tertiary/aromatic N) is 1. The van der Waals surface area contributed by atoms with Crippen molar-refractivity contribution >= 4 is 28.8 Å². The Kier molecular flexibility index (Phi) is 6.07. The van der Waals surface area contributed by atoms with Gasteiger partial charge in [0.15, 0.2) is 5.78 Å². The molecule has 5 nitrogen and oxygen atoms in total. The number of Topliss-reactive ketones (excluding diaryl/α,β-unsaturated/α-hetero) is 1. The van der Waals surface area contributed by atoms with E-state index in [9.17, 15) is 9.59 Å². The molecule has 0 aliphatic rings. The van der Waals surface area contributed by atoms with Gasteiger partial charge in [-0.25, -0.2) is 4.98 Å². The van der Waals surface area contributed by atoms with Crippen LogP contribution in [-0.4, -0.2) is 16.7 Å². The second-order valence-corrected chi connectivity index (χ2v) is 7.34. The van der Waals surface area contributed by atoms with Crippen molar-refractivity contribution in [1.82, 2.24) is 4.98 Å². The number of aryl methyl sites for hydroxylation is 1. The van der Waals surface area contributed by atoms with Crippen LogP contribution < -0.4 is 10.6 Å². The zero-order valence-electron chi connectivity index (χ0n) is 17.1. The number of anilines is 3. The van der Waals surface area contributed by atoms with Crippen molar-refractivity contribution in [1.29, 1.82) is 0 Å². The molecule has 0 saturated heterocycles. The molecule has 148 valence electrons. The summed E-state index contributed by atoms with van der Waals surface area (Å²) in [5.74, 6) is 0.0672. The zero-order chi connectivity index (χ0) is 21.0. The average molecular weight is 387 g/mol. The van der Waals surface area contributed by atoms with Crippen molar-refractivity contribution in [3.63, 3.8) is 0 Å². The van der Waals surface area contributed by atoms with Crippen molar-refractivity contribution in [3.05, 3.63) is 83.2 Å². The van der Waals surface area contributed by atoms with Gasteiger partial charge in [0.1, 0.15) is 5.69 Å². The summed E-state index contributed by atoms with van der Waals surface area (Å²) in [6.07, 6.45) is 1.61. The van der Waals surface area contributed by atoms with Gasteiger partial charge in [-0.2, -0.15) is 0 Å². The van der Waals surface area contributed by atoms with Crippen LogP contribution >= 0.6 is 0 Å². The number of hydrogen-bond donors (Lipinski definition) is 2. The standard InChI is InChI=1S/C24H25N3O2/c1-15(2)21-10-5-7-16(3)23(21)27-24(29)22-12-11-20(14-25-22)26-19-9-6-8-18(13-19)17(4)28/h5-15,26H,1-4H3,(H,27,29). The Hall–Kier alpha value is -3.47. The van der Waals surface area contributed by atoms with Crippen LogP contribution in [0.2, 0.25) is 0 Å². The minimum absolute atomic E-state index is 0.00997. The van der Waals surface area contributed by atoms with E-state index in [-0.39, 0.29) is 11.7 Å². The first-order valence-corrected chi connectivity index (χ1v) is 9.60. The van der Waals surface area contributed by atoms with Crippen LogP contribution in [0.1, 0.15) is 58.7 Å². The second-order valence-electron chi connectivity index (χ2n) is 7.34. The summed E-state index contributed by atoms with van der Waals surface area (Å²) in [4.78, 5) is 28.5. The van der Waals surface area contributed by atoms with E-state index in [1.165, 1.54) is 6.92 Å². The summed E-state index contributed by atoms with van der Waals surface area (Å²) in [5, 5.41) is 6.21. The molecule has 2 N–H and O–H groups in total. The maximum Gasteiger partial charge on any atom is 0.274 e. The van der Waals surface area contributed by atoms with Crippen molar-refractivity contribution in [2.24, 2.45) is 0 Å². The fourth-order valence-electron chi connectivity index (χ4n) is 3.10. The summed E-state index contributed by atoms with van der Waals surface area (Å²) >= 11 is 0. The van der Waals surface area contributed by atoms with Gasteiger partial charge in [-0.1, -0.05) is 44.2 Å². The fourth-order valence-corrected chi connectivity index (χ4v) is 3.10. The number of rotatable bonds is 6. The Labute approximate surface area is 171 Å². The number of para-hydroxylation sites is 1. The van der Waals surface area contributed by atoms with Gasteiger partial charge in [-0.3, -0.25) is 9.59 Å². The van der Waals surface area contributed by atoms with Gasteiger partial charge in [0, 0.05) is 16.9 Å². The molecular weight excluding hydrogens is 362 g/mol. The number of hydrogen-bond acceptors (Lipinski definition) is 4. The molecule has 1 amide bonds. The van der Waals surface area contributed by atoms with Crippen LogP contribution in [0.25, 0.3) is 0 Å². The van der Waals surface area contributed by atoms with Gasteiger partial charge in [0.2, 0.25) is 0 Å². The number of nitrogens with one attached hydrogen (secondary N) is 2. The summed E-state index contributed by atoms with van der Waals surface area (Å²) < 4.78 is 0. The topological polar surface area (TPSA) is 71.1 Å². The third-order valence-corrected chi connectivity index (χ3v) is 4.72. The van der Waals surface area contributed by atoms with Crippen LogP contribution in [0.5, 0.6) is 0 Å². The van der Waals surface area contributed by atoms with Gasteiger partial charge in [0.05, 0.1) is 11.9 Å². The Morgan fingerprint density at radius 2 is 1.72 bits per heavy atom. The van der Waals surface area contributed by atoms with E-state index in [1.807, 2.05) is 37.3 Å². The molecule has 5 heteroatoms. The van der Waals surface area contributed by atoms with E-state index < -0.39 is 0 Å². The molecule has 2 aromatic carbocycles. The Morgan fingerprint density at radius 1 is 0.966 bits per heavy atom. The molecule has 0 unspecified atom stereocenters. The molecule has 3 rings (SSSR count). The number of aromatic nitrogens is 1. The number of pyridine rings is 1. The van der Waals surface area contributed by atoms with E-state index >= 15 is 0 Å². The first kappa shape index (κ1) is 20.3. The molecular formula is C24H25N3O2. The molecule has 0 spiro atoms. The second kappa shape index (κ2) is 8.69. The highest BCUT2D eigenvalue weighted by Gasteiger charge is 2.14. The summed E-state index contributed by atoms with van der Waals surface area (Å²) in [5.41, 5.74) is 5.47. The molecule has 0 atom stereocenters. The van der Waals surface area contributed by atoms with Crippen molar-refractivity contribution in [3.8, 4) is 0 Å². The quantitative estimate of drug-likeness (QED) is 0.531. The number of carbonyl (C=O) groups excluding carboxylic acids is 2. The van der Waals surface area contributed by atoms with Crippen molar-refractivity contribution < 1.29 is 9.59 Å². The normalized spacial score (nSPS) is 10.7. The largest absolute Gasteiger partial charge is 0.354 e. The van der Waals surface area contributed by atoms with Crippen molar-refractivity contribution in [2.75, 3.05) is 10.6 Å². The summed E-state index contributed by atoms with van der Waals surface area (Å²) in [7, 11) is 0. The number of carbonyl (C=O) groups is 2. The fraction of sp³-hybridized carbons (Fsp3) is 0.208. The minimum Gasteiger partial charge on any atom is -0.354 e. The number of amides is 1. The molecule has 1 aromatic heterocycles. The van der Waals surface area contributed by atoms with Crippen LogP contribution in [0.4, 0.5) is 17.1 Å². The van der Waals surface area contributed by atoms with E-state index in [0.717, 1.165) is 28.2 Å². The highest BCUT2D eigenvalue weighted by atomic mass is 16.2. The summed E-state index contributed by atoms with van der Waals surface area (Å²) in [6.45, 7) is 7.72. The third kappa shape index (κ3) is 4.88. The lowest BCUT2D eigenvalue weighted by molar-refractivity contribution is 0.101. The van der Waals surface area contributed by atoms with Crippen molar-refractivity contribution in [2.45, 2.75) is 33.6 Å². The van der Waals surface area contributed by atoms with Gasteiger partial charge < -0.3 is 10.6 Å². The molecule has 29 heavy (non-hydrogen) atoms. The Balaban J connectivity index is 1.75. The van der Waals surface area contributed by atoms with Crippen LogP contribution in [-0.2, 0) is 0 Å². The van der Waals surface area contributed by atoms with E-state index in [2.05, 4.69) is 29.5 Å². The predicted octanol–water partition coefficient (Wildman–Crippen LogP) is 5.71. The highest BCUT2D eigenvalue weighted by Crippen LogP contribution is 2.28. The molecule has 0 radical (unpaired) electrons. The van der Waals surface area contributed by atoms with Gasteiger partial charge in [-0.05, 0) is 55.2 Å². The lowest BCUT2D eigenvalue weighted by Crippen LogP contribution is -2.16. The maximum absolute atomic E-state index is 12.7. The van der Waals surface area contributed by atoms with Gasteiger partial charge >= 0.3 is 0 Å². The molecule has 0 aliphatic heterocycles.